The second-order valence-corrected chi connectivity index (χ2v) is 7.62. The normalized spacial score (nSPS) is 11.6. The van der Waals surface area contributed by atoms with Crippen LogP contribution in [-0.2, 0) is 6.42 Å². The molecule has 0 spiro atoms. The maximum atomic E-state index is 6.50. The average molecular weight is 375 g/mol. The van der Waals surface area contributed by atoms with E-state index in [0.717, 1.165) is 37.1 Å². The van der Waals surface area contributed by atoms with Gasteiger partial charge in [-0.3, -0.25) is 0 Å². The molecule has 132 valence electrons. The van der Waals surface area contributed by atoms with Crippen LogP contribution in [-0.4, -0.2) is 11.5 Å². The minimum atomic E-state index is 0.452. The molecule has 2 nitrogen and oxygen atoms in total. The first-order valence-electron chi connectivity index (χ1n) is 8.82. The molecule has 2 aromatic carbocycles. The van der Waals surface area contributed by atoms with Crippen molar-refractivity contribution < 1.29 is 0 Å². The van der Waals surface area contributed by atoms with E-state index in [-0.39, 0.29) is 0 Å². The molecule has 0 atom stereocenters. The van der Waals surface area contributed by atoms with Crippen molar-refractivity contribution in [2.24, 2.45) is 5.73 Å². The summed E-state index contributed by atoms with van der Waals surface area (Å²) in [6.45, 7) is 5.16. The minimum absolute atomic E-state index is 0.452. The third kappa shape index (κ3) is 3.72. The summed E-state index contributed by atoms with van der Waals surface area (Å²) in [6.07, 6.45) is 3.06. The molecule has 0 saturated carbocycles. The molecular formula is C21H24Cl2N2. The van der Waals surface area contributed by atoms with Gasteiger partial charge in [-0.25, -0.2) is 0 Å². The highest BCUT2D eigenvalue weighted by molar-refractivity contribution is 6.36. The lowest BCUT2D eigenvalue weighted by atomic mass is 9.96. The number of rotatable bonds is 6. The van der Waals surface area contributed by atoms with E-state index < -0.39 is 0 Å². The number of hydrogen-bond acceptors (Lipinski definition) is 1. The highest BCUT2D eigenvalue weighted by Gasteiger charge is 2.18. The number of aromatic nitrogens is 1. The maximum absolute atomic E-state index is 6.50. The molecule has 0 radical (unpaired) electrons. The van der Waals surface area contributed by atoms with Crippen LogP contribution in [0.3, 0.4) is 0 Å². The molecule has 0 aliphatic rings. The average Bonchev–Trinajstić information content (AvgIpc) is 2.93. The van der Waals surface area contributed by atoms with Gasteiger partial charge in [0.15, 0.2) is 0 Å². The van der Waals surface area contributed by atoms with E-state index in [1.54, 1.807) is 6.07 Å². The number of nitrogens with two attached hydrogens (primary N) is 1. The van der Waals surface area contributed by atoms with E-state index in [0.29, 0.717) is 16.0 Å². The van der Waals surface area contributed by atoms with Crippen molar-refractivity contribution >= 4 is 34.1 Å². The maximum Gasteiger partial charge on any atom is 0.0514 e. The summed E-state index contributed by atoms with van der Waals surface area (Å²) in [5, 5.41) is 2.60. The van der Waals surface area contributed by atoms with Crippen molar-refractivity contribution in [3.8, 4) is 11.3 Å². The number of fused-ring (bicyclic) bond motifs is 1. The molecule has 1 aromatic heterocycles. The highest BCUT2D eigenvalue weighted by Crippen LogP contribution is 2.38. The van der Waals surface area contributed by atoms with Crippen molar-refractivity contribution in [2.75, 3.05) is 6.54 Å². The van der Waals surface area contributed by atoms with Crippen molar-refractivity contribution in [3.05, 3.63) is 57.6 Å². The van der Waals surface area contributed by atoms with Gasteiger partial charge in [0.1, 0.15) is 0 Å². The summed E-state index contributed by atoms with van der Waals surface area (Å²) < 4.78 is 0. The van der Waals surface area contributed by atoms with Crippen molar-refractivity contribution in [3.63, 3.8) is 0 Å². The predicted octanol–water partition coefficient (Wildman–Crippen LogP) is 6.55. The Balaban J connectivity index is 2.21. The fourth-order valence-electron chi connectivity index (χ4n) is 3.41. The fourth-order valence-corrected chi connectivity index (χ4v) is 3.91. The number of aryl methyl sites for hydroxylation is 1. The van der Waals surface area contributed by atoms with Crippen LogP contribution in [0.1, 0.15) is 43.7 Å². The van der Waals surface area contributed by atoms with E-state index in [1.807, 2.05) is 12.1 Å². The Morgan fingerprint density at radius 2 is 1.88 bits per heavy atom. The van der Waals surface area contributed by atoms with Gasteiger partial charge in [0.2, 0.25) is 0 Å². The first-order valence-corrected chi connectivity index (χ1v) is 9.57. The van der Waals surface area contributed by atoms with E-state index in [9.17, 15) is 0 Å². The molecule has 0 aliphatic carbocycles. The van der Waals surface area contributed by atoms with Crippen LogP contribution >= 0.6 is 23.2 Å². The second kappa shape index (κ2) is 7.82. The largest absolute Gasteiger partial charge is 0.354 e. The van der Waals surface area contributed by atoms with Gasteiger partial charge >= 0.3 is 0 Å². The Morgan fingerprint density at radius 3 is 2.56 bits per heavy atom. The van der Waals surface area contributed by atoms with E-state index in [2.05, 4.69) is 37.0 Å². The summed E-state index contributed by atoms with van der Waals surface area (Å²) >= 11 is 12.6. The predicted molar refractivity (Wildman–Crippen MR) is 110 cm³/mol. The quantitative estimate of drug-likeness (QED) is 0.472. The van der Waals surface area contributed by atoms with Crippen molar-refractivity contribution in [2.45, 2.75) is 39.0 Å². The molecule has 0 fully saturated rings. The highest BCUT2D eigenvalue weighted by atomic mass is 35.5. The Kier molecular flexibility index (Phi) is 5.73. The molecule has 4 heteroatoms. The molecule has 3 N–H and O–H groups in total. The monoisotopic (exact) mass is 374 g/mol. The van der Waals surface area contributed by atoms with Gasteiger partial charge in [-0.2, -0.15) is 0 Å². The van der Waals surface area contributed by atoms with Gasteiger partial charge < -0.3 is 10.7 Å². The third-order valence-electron chi connectivity index (χ3n) is 4.68. The number of nitrogens with one attached hydrogen (secondary N) is 1. The Labute approximate surface area is 159 Å². The number of para-hydroxylation sites is 1. The molecule has 25 heavy (non-hydrogen) atoms. The van der Waals surface area contributed by atoms with Crippen LogP contribution in [0.5, 0.6) is 0 Å². The van der Waals surface area contributed by atoms with E-state index in [1.165, 1.54) is 22.0 Å². The van der Waals surface area contributed by atoms with Gasteiger partial charge in [-0.1, -0.05) is 55.2 Å². The number of hydrogen-bond donors (Lipinski definition) is 2. The van der Waals surface area contributed by atoms with Crippen molar-refractivity contribution in [1.29, 1.82) is 0 Å². The first-order chi connectivity index (χ1) is 12.0. The summed E-state index contributed by atoms with van der Waals surface area (Å²) in [4.78, 5) is 3.66. The van der Waals surface area contributed by atoms with Crippen LogP contribution in [0.2, 0.25) is 10.0 Å². The molecule has 0 bridgehead atoms. The van der Waals surface area contributed by atoms with Crippen LogP contribution in [0.15, 0.2) is 36.4 Å². The van der Waals surface area contributed by atoms with E-state index >= 15 is 0 Å². The number of halogens is 2. The molecule has 0 aliphatic heterocycles. The summed E-state index contributed by atoms with van der Waals surface area (Å²) in [7, 11) is 0. The second-order valence-electron chi connectivity index (χ2n) is 6.77. The number of H-pyrrole nitrogens is 1. The lowest BCUT2D eigenvalue weighted by Crippen LogP contribution is -1.99. The smallest absolute Gasteiger partial charge is 0.0514 e. The van der Waals surface area contributed by atoms with Crippen LogP contribution < -0.4 is 5.73 Å². The molecule has 3 rings (SSSR count). The van der Waals surface area contributed by atoms with Gasteiger partial charge in [-0.15, -0.1) is 0 Å². The Hall–Kier alpha value is -1.48. The lowest BCUT2D eigenvalue weighted by molar-refractivity contribution is 0.748. The van der Waals surface area contributed by atoms with Gasteiger partial charge in [0.05, 0.1) is 10.7 Å². The summed E-state index contributed by atoms with van der Waals surface area (Å²) in [5.74, 6) is 0.452. The first kappa shape index (κ1) is 18.3. The molecule has 3 aromatic rings. The van der Waals surface area contributed by atoms with E-state index in [4.69, 9.17) is 28.9 Å². The summed E-state index contributed by atoms with van der Waals surface area (Å²) in [5.41, 5.74) is 11.6. The van der Waals surface area contributed by atoms with Gasteiger partial charge in [0, 0.05) is 21.5 Å². The van der Waals surface area contributed by atoms with Gasteiger partial charge in [0.25, 0.3) is 0 Å². The number of aromatic amines is 1. The molecule has 0 unspecified atom stereocenters. The molecular weight excluding hydrogens is 351 g/mol. The Morgan fingerprint density at radius 1 is 1.08 bits per heavy atom. The molecule has 0 saturated heterocycles. The minimum Gasteiger partial charge on any atom is -0.354 e. The SMILES string of the molecule is CC(C)c1cccc2c(CCCCN)c(-c3ccc(Cl)cc3Cl)[nH]c12. The Bertz CT molecular complexity index is 881. The fraction of sp³-hybridized carbons (Fsp3) is 0.333. The zero-order chi connectivity index (χ0) is 18.0. The van der Waals surface area contributed by atoms with Crippen LogP contribution in [0.4, 0.5) is 0 Å². The molecule has 1 heterocycles. The lowest BCUT2D eigenvalue weighted by Gasteiger charge is -2.08. The number of unbranched alkanes of at least 4 members (excludes halogenated alkanes) is 1. The zero-order valence-corrected chi connectivity index (χ0v) is 16.2. The van der Waals surface area contributed by atoms with Crippen LogP contribution in [0, 0.1) is 0 Å². The third-order valence-corrected chi connectivity index (χ3v) is 5.22. The topological polar surface area (TPSA) is 41.8 Å². The van der Waals surface area contributed by atoms with Gasteiger partial charge in [-0.05, 0) is 61.1 Å². The van der Waals surface area contributed by atoms with Crippen molar-refractivity contribution in [1.82, 2.24) is 4.98 Å². The number of benzene rings is 2. The summed E-state index contributed by atoms with van der Waals surface area (Å²) in [6, 6.07) is 12.2. The standard InChI is InChI=1S/C21H24Cl2N2/c1-13(2)15-7-5-8-17-16(6-3-4-11-24)21(25-20(15)17)18-10-9-14(22)12-19(18)23/h5,7-10,12-13,25H,3-4,6,11,24H2,1-2H3. The van der Waals surface area contributed by atoms with Crippen LogP contribution in [0.25, 0.3) is 22.2 Å². The zero-order valence-electron chi connectivity index (χ0n) is 14.7. The molecule has 0 amide bonds.